The molecule has 1 aliphatic heterocycles. The molecule has 0 aliphatic carbocycles. The molecule has 0 unspecified atom stereocenters. The van der Waals surface area contributed by atoms with Gasteiger partial charge in [0, 0.05) is 36.2 Å². The molecule has 1 fully saturated rings. The number of amides is 1. The summed E-state index contributed by atoms with van der Waals surface area (Å²) in [7, 11) is 0. The minimum Gasteiger partial charge on any atom is -0.391 e. The zero-order valence-electron chi connectivity index (χ0n) is 13.3. The molecule has 0 bridgehead atoms. The Labute approximate surface area is 145 Å². The van der Waals surface area contributed by atoms with Crippen LogP contribution in [0.15, 0.2) is 33.7 Å². The van der Waals surface area contributed by atoms with Crippen molar-refractivity contribution >= 4 is 27.8 Å². The van der Waals surface area contributed by atoms with E-state index in [-0.39, 0.29) is 12.0 Å². The number of carbonyl (C=O) groups excluding carboxylic acids is 1. The molecule has 0 radical (unpaired) electrons. The van der Waals surface area contributed by atoms with Gasteiger partial charge in [-0.15, -0.1) is 0 Å². The number of aliphatic imine (C=N–C) groups is 1. The number of halogens is 1. The molecular formula is C16H23BrN4O2. The first kappa shape index (κ1) is 17.7. The zero-order chi connectivity index (χ0) is 16.7. The number of aliphatic hydroxyl groups excluding tert-OH is 1. The lowest BCUT2D eigenvalue weighted by Gasteiger charge is -2.20. The standard InChI is InChI=1S/C16H23BrN4O2/c1-2-18-16(21-9-6-14(22)11-21)20-8-7-19-15(23)12-4-3-5-13(17)10-12/h3-5,10,14,22H,2,6-9,11H2,1H3,(H,18,20)(H,19,23)/t14-/m1/s1. The zero-order valence-corrected chi connectivity index (χ0v) is 14.8. The first-order valence-electron chi connectivity index (χ1n) is 7.85. The normalized spacial score (nSPS) is 18.1. The summed E-state index contributed by atoms with van der Waals surface area (Å²) < 4.78 is 0.880. The second-order valence-electron chi connectivity index (χ2n) is 5.39. The Kier molecular flexibility index (Phi) is 6.85. The van der Waals surface area contributed by atoms with Crippen molar-refractivity contribution < 1.29 is 9.90 Å². The molecule has 1 saturated heterocycles. The van der Waals surface area contributed by atoms with E-state index in [0.717, 1.165) is 29.9 Å². The molecule has 1 aromatic carbocycles. The van der Waals surface area contributed by atoms with E-state index in [0.29, 0.717) is 25.2 Å². The van der Waals surface area contributed by atoms with Crippen LogP contribution >= 0.6 is 15.9 Å². The van der Waals surface area contributed by atoms with Gasteiger partial charge in [0.1, 0.15) is 0 Å². The van der Waals surface area contributed by atoms with Crippen LogP contribution in [0, 0.1) is 0 Å². The number of carbonyl (C=O) groups is 1. The van der Waals surface area contributed by atoms with E-state index >= 15 is 0 Å². The molecule has 126 valence electrons. The SMILES string of the molecule is CCNC(=NCCNC(=O)c1cccc(Br)c1)N1CC[C@@H](O)C1. The molecule has 1 aliphatic rings. The molecule has 1 atom stereocenters. The summed E-state index contributed by atoms with van der Waals surface area (Å²) in [6, 6.07) is 7.28. The summed E-state index contributed by atoms with van der Waals surface area (Å²) in [5, 5.41) is 15.7. The van der Waals surface area contributed by atoms with Crippen LogP contribution in [0.5, 0.6) is 0 Å². The third-order valence-electron chi connectivity index (χ3n) is 3.54. The van der Waals surface area contributed by atoms with Gasteiger partial charge >= 0.3 is 0 Å². The van der Waals surface area contributed by atoms with Crippen LogP contribution in [-0.2, 0) is 0 Å². The fourth-order valence-corrected chi connectivity index (χ4v) is 2.82. The number of β-amino-alcohol motifs (C(OH)–C–C–N with tert-alkyl or cyclic N) is 1. The summed E-state index contributed by atoms with van der Waals surface area (Å²) in [5.74, 6) is 0.684. The predicted octanol–water partition coefficient (Wildman–Crippen LogP) is 1.21. The highest BCUT2D eigenvalue weighted by molar-refractivity contribution is 9.10. The maximum Gasteiger partial charge on any atom is 0.251 e. The first-order valence-corrected chi connectivity index (χ1v) is 8.64. The Morgan fingerprint density at radius 3 is 2.96 bits per heavy atom. The number of nitrogens with one attached hydrogen (secondary N) is 2. The van der Waals surface area contributed by atoms with Crippen LogP contribution in [0.2, 0.25) is 0 Å². The van der Waals surface area contributed by atoms with Crippen molar-refractivity contribution in [2.45, 2.75) is 19.4 Å². The lowest BCUT2D eigenvalue weighted by Crippen LogP contribution is -2.41. The topological polar surface area (TPSA) is 77.0 Å². The van der Waals surface area contributed by atoms with Crippen LogP contribution in [0.1, 0.15) is 23.7 Å². The molecule has 1 heterocycles. The molecule has 3 N–H and O–H groups in total. The monoisotopic (exact) mass is 382 g/mol. The Morgan fingerprint density at radius 2 is 2.30 bits per heavy atom. The van der Waals surface area contributed by atoms with Crippen LogP contribution in [0.25, 0.3) is 0 Å². The molecule has 0 saturated carbocycles. The van der Waals surface area contributed by atoms with E-state index in [1.807, 2.05) is 24.0 Å². The second kappa shape index (κ2) is 8.88. The molecule has 23 heavy (non-hydrogen) atoms. The van der Waals surface area contributed by atoms with E-state index in [1.165, 1.54) is 0 Å². The number of aliphatic hydroxyl groups is 1. The molecular weight excluding hydrogens is 360 g/mol. The van der Waals surface area contributed by atoms with Crippen LogP contribution in [0.4, 0.5) is 0 Å². The molecule has 1 aromatic rings. The largest absolute Gasteiger partial charge is 0.391 e. The van der Waals surface area contributed by atoms with E-state index < -0.39 is 0 Å². The number of benzene rings is 1. The molecule has 2 rings (SSSR count). The average Bonchev–Trinajstić information content (AvgIpc) is 2.96. The summed E-state index contributed by atoms with van der Waals surface area (Å²) in [4.78, 5) is 18.6. The minimum atomic E-state index is -0.282. The minimum absolute atomic E-state index is 0.108. The summed E-state index contributed by atoms with van der Waals surface area (Å²) in [5.41, 5.74) is 0.623. The van der Waals surface area contributed by atoms with Gasteiger partial charge in [0.25, 0.3) is 5.91 Å². The van der Waals surface area contributed by atoms with Crippen molar-refractivity contribution in [2.75, 3.05) is 32.7 Å². The molecule has 7 heteroatoms. The maximum atomic E-state index is 12.0. The highest BCUT2D eigenvalue weighted by Gasteiger charge is 2.22. The summed E-state index contributed by atoms with van der Waals surface area (Å²) in [6.45, 7) is 5.16. The Hall–Kier alpha value is -1.60. The summed E-state index contributed by atoms with van der Waals surface area (Å²) in [6.07, 6.45) is 0.486. The molecule has 0 aromatic heterocycles. The van der Waals surface area contributed by atoms with Crippen LogP contribution in [0.3, 0.4) is 0 Å². The Balaban J connectivity index is 1.82. The second-order valence-corrected chi connectivity index (χ2v) is 6.31. The quantitative estimate of drug-likeness (QED) is 0.406. The van der Waals surface area contributed by atoms with Crippen LogP contribution < -0.4 is 10.6 Å². The fraction of sp³-hybridized carbons (Fsp3) is 0.500. The Bertz CT molecular complexity index is 565. The maximum absolute atomic E-state index is 12.0. The van der Waals surface area contributed by atoms with Crippen molar-refractivity contribution in [3.8, 4) is 0 Å². The fourth-order valence-electron chi connectivity index (χ4n) is 2.42. The van der Waals surface area contributed by atoms with Crippen molar-refractivity contribution in [1.82, 2.24) is 15.5 Å². The summed E-state index contributed by atoms with van der Waals surface area (Å²) >= 11 is 3.36. The van der Waals surface area contributed by atoms with Crippen molar-refractivity contribution in [1.29, 1.82) is 0 Å². The lowest BCUT2D eigenvalue weighted by atomic mass is 10.2. The number of nitrogens with zero attached hydrogens (tertiary/aromatic N) is 2. The number of guanidine groups is 1. The van der Waals surface area contributed by atoms with Gasteiger partial charge in [0.05, 0.1) is 12.6 Å². The number of hydrogen-bond donors (Lipinski definition) is 3. The van der Waals surface area contributed by atoms with Crippen LogP contribution in [-0.4, -0.2) is 60.7 Å². The molecule has 6 nitrogen and oxygen atoms in total. The third kappa shape index (κ3) is 5.51. The van der Waals surface area contributed by atoms with Gasteiger partial charge in [-0.2, -0.15) is 0 Å². The number of likely N-dealkylation sites (tertiary alicyclic amines) is 1. The van der Waals surface area contributed by atoms with Crippen molar-refractivity contribution in [3.63, 3.8) is 0 Å². The van der Waals surface area contributed by atoms with E-state index in [9.17, 15) is 9.90 Å². The Morgan fingerprint density at radius 1 is 1.48 bits per heavy atom. The highest BCUT2D eigenvalue weighted by atomic mass is 79.9. The van der Waals surface area contributed by atoms with E-state index in [4.69, 9.17) is 0 Å². The van der Waals surface area contributed by atoms with Crippen molar-refractivity contribution in [2.24, 2.45) is 4.99 Å². The third-order valence-corrected chi connectivity index (χ3v) is 4.04. The molecule has 0 spiro atoms. The smallest absolute Gasteiger partial charge is 0.251 e. The highest BCUT2D eigenvalue weighted by Crippen LogP contribution is 2.11. The van der Waals surface area contributed by atoms with Gasteiger partial charge < -0.3 is 20.6 Å². The first-order chi connectivity index (χ1) is 11.1. The van der Waals surface area contributed by atoms with Gasteiger partial charge in [0.15, 0.2) is 5.96 Å². The van der Waals surface area contributed by atoms with Gasteiger partial charge in [0.2, 0.25) is 0 Å². The predicted molar refractivity (Wildman–Crippen MR) is 94.7 cm³/mol. The average molecular weight is 383 g/mol. The number of rotatable bonds is 5. The van der Waals surface area contributed by atoms with E-state index in [2.05, 4.69) is 31.6 Å². The van der Waals surface area contributed by atoms with Gasteiger partial charge in [-0.05, 0) is 31.5 Å². The lowest BCUT2D eigenvalue weighted by molar-refractivity contribution is 0.0954. The van der Waals surface area contributed by atoms with E-state index in [1.54, 1.807) is 12.1 Å². The van der Waals surface area contributed by atoms with Gasteiger partial charge in [-0.1, -0.05) is 22.0 Å². The van der Waals surface area contributed by atoms with Crippen molar-refractivity contribution in [3.05, 3.63) is 34.3 Å². The van der Waals surface area contributed by atoms with Gasteiger partial charge in [-0.3, -0.25) is 9.79 Å². The molecule has 1 amide bonds. The van der Waals surface area contributed by atoms with Gasteiger partial charge in [-0.25, -0.2) is 0 Å². The number of hydrogen-bond acceptors (Lipinski definition) is 3.